The van der Waals surface area contributed by atoms with Crippen LogP contribution in [0.4, 0.5) is 0 Å². The summed E-state index contributed by atoms with van der Waals surface area (Å²) in [5.74, 6) is 0. The molecule has 1 rings (SSSR count). The normalized spacial score (nSPS) is 13.8. The predicted molar refractivity (Wildman–Crippen MR) is 73.3 cm³/mol. The first-order chi connectivity index (χ1) is 7.84. The molecular weight excluding hydrogens is 210 g/mol. The van der Waals surface area contributed by atoms with E-state index >= 15 is 0 Å². The van der Waals surface area contributed by atoms with Gasteiger partial charge in [0, 0.05) is 12.6 Å². The number of hydrogen-bond acceptors (Lipinski definition) is 2. The monoisotopic (exact) mass is 235 g/mol. The summed E-state index contributed by atoms with van der Waals surface area (Å²) in [6.07, 6.45) is 0. The Hall–Kier alpha value is -0.860. The molecule has 2 N–H and O–H groups in total. The van der Waals surface area contributed by atoms with Crippen molar-refractivity contribution in [1.29, 1.82) is 0 Å². The average molecular weight is 235 g/mol. The van der Waals surface area contributed by atoms with Crippen LogP contribution in [0, 0.1) is 6.92 Å². The molecule has 1 aromatic carbocycles. The van der Waals surface area contributed by atoms with Gasteiger partial charge < -0.3 is 10.4 Å². The van der Waals surface area contributed by atoms with Gasteiger partial charge in [0.05, 0.1) is 6.61 Å². The molecule has 1 unspecified atom stereocenters. The molecule has 0 aliphatic rings. The smallest absolute Gasteiger partial charge is 0.0582 e. The highest BCUT2D eigenvalue weighted by atomic mass is 16.3. The minimum Gasteiger partial charge on any atom is -0.395 e. The van der Waals surface area contributed by atoms with Crippen LogP contribution in [0.1, 0.15) is 44.4 Å². The predicted octanol–water partition coefficient (Wildman–Crippen LogP) is 2.76. The highest BCUT2D eigenvalue weighted by Crippen LogP contribution is 2.24. The Balaban J connectivity index is 2.84. The first-order valence-electron chi connectivity index (χ1n) is 6.29. The molecule has 0 aliphatic heterocycles. The molecule has 0 saturated heterocycles. The molecule has 0 aliphatic carbocycles. The quantitative estimate of drug-likeness (QED) is 0.841. The minimum atomic E-state index is 0.146. The maximum atomic E-state index is 9.00. The van der Waals surface area contributed by atoms with Crippen molar-refractivity contribution >= 4 is 0 Å². The average Bonchev–Trinajstić information content (AvgIpc) is 2.26. The van der Waals surface area contributed by atoms with E-state index in [1.807, 2.05) is 6.92 Å². The van der Waals surface area contributed by atoms with E-state index in [0.29, 0.717) is 0 Å². The van der Waals surface area contributed by atoms with Crippen LogP contribution in [0.25, 0.3) is 0 Å². The summed E-state index contributed by atoms with van der Waals surface area (Å²) in [7, 11) is 0. The third kappa shape index (κ3) is 4.14. The van der Waals surface area contributed by atoms with Crippen LogP contribution in [-0.2, 0) is 12.0 Å². The van der Waals surface area contributed by atoms with E-state index in [0.717, 1.165) is 6.54 Å². The summed E-state index contributed by atoms with van der Waals surface area (Å²) >= 11 is 0. The van der Waals surface area contributed by atoms with Crippen molar-refractivity contribution in [3.63, 3.8) is 0 Å². The van der Waals surface area contributed by atoms with Gasteiger partial charge in [-0.3, -0.25) is 0 Å². The molecule has 17 heavy (non-hydrogen) atoms. The first kappa shape index (κ1) is 14.2. The van der Waals surface area contributed by atoms with Crippen molar-refractivity contribution in [1.82, 2.24) is 5.32 Å². The molecule has 0 spiro atoms. The third-order valence-electron chi connectivity index (χ3n) is 3.13. The van der Waals surface area contributed by atoms with Gasteiger partial charge >= 0.3 is 0 Å². The molecule has 0 saturated carbocycles. The lowest BCUT2D eigenvalue weighted by atomic mass is 9.85. The van der Waals surface area contributed by atoms with Crippen molar-refractivity contribution in [3.05, 3.63) is 34.9 Å². The summed E-state index contributed by atoms with van der Waals surface area (Å²) in [5, 5.41) is 12.3. The molecule has 0 radical (unpaired) electrons. The van der Waals surface area contributed by atoms with E-state index in [1.54, 1.807) is 0 Å². The highest BCUT2D eigenvalue weighted by Gasteiger charge is 2.14. The lowest BCUT2D eigenvalue weighted by Crippen LogP contribution is -2.29. The SMILES string of the molecule is Cc1ccc(C(C)(C)C)cc1CNC(C)CO. The lowest BCUT2D eigenvalue weighted by Gasteiger charge is -2.21. The molecule has 0 heterocycles. The fourth-order valence-corrected chi connectivity index (χ4v) is 1.68. The van der Waals surface area contributed by atoms with Crippen molar-refractivity contribution < 1.29 is 5.11 Å². The Kier molecular flexibility index (Phi) is 4.72. The number of rotatable bonds is 4. The summed E-state index contributed by atoms with van der Waals surface area (Å²) in [5.41, 5.74) is 4.16. The summed E-state index contributed by atoms with van der Waals surface area (Å²) < 4.78 is 0. The summed E-state index contributed by atoms with van der Waals surface area (Å²) in [6.45, 7) is 11.8. The van der Waals surface area contributed by atoms with Gasteiger partial charge in [-0.15, -0.1) is 0 Å². The number of hydrogen-bond donors (Lipinski definition) is 2. The summed E-state index contributed by atoms with van der Waals surface area (Å²) in [4.78, 5) is 0. The van der Waals surface area contributed by atoms with E-state index in [1.165, 1.54) is 16.7 Å². The van der Waals surface area contributed by atoms with Gasteiger partial charge in [-0.1, -0.05) is 39.0 Å². The second kappa shape index (κ2) is 5.65. The number of nitrogens with one attached hydrogen (secondary N) is 1. The minimum absolute atomic E-state index is 0.146. The standard InChI is InChI=1S/C15H25NO/c1-11-6-7-14(15(3,4)5)8-13(11)9-16-12(2)10-17/h6-8,12,16-17H,9-10H2,1-5H3. The van der Waals surface area contributed by atoms with Crippen LogP contribution in [0.5, 0.6) is 0 Å². The molecule has 0 amide bonds. The van der Waals surface area contributed by atoms with Crippen molar-refractivity contribution in [2.45, 2.75) is 52.6 Å². The van der Waals surface area contributed by atoms with Gasteiger partial charge in [0.15, 0.2) is 0 Å². The molecule has 96 valence electrons. The van der Waals surface area contributed by atoms with Gasteiger partial charge in [0.25, 0.3) is 0 Å². The van der Waals surface area contributed by atoms with E-state index in [-0.39, 0.29) is 18.1 Å². The van der Waals surface area contributed by atoms with Gasteiger partial charge in [-0.05, 0) is 36.0 Å². The fraction of sp³-hybridized carbons (Fsp3) is 0.600. The zero-order valence-electron chi connectivity index (χ0n) is 11.7. The van der Waals surface area contributed by atoms with Gasteiger partial charge in [-0.25, -0.2) is 0 Å². The maximum Gasteiger partial charge on any atom is 0.0582 e. The molecule has 0 bridgehead atoms. The zero-order valence-corrected chi connectivity index (χ0v) is 11.7. The zero-order chi connectivity index (χ0) is 13.1. The fourth-order valence-electron chi connectivity index (χ4n) is 1.68. The van der Waals surface area contributed by atoms with Crippen molar-refractivity contribution in [3.8, 4) is 0 Å². The third-order valence-corrected chi connectivity index (χ3v) is 3.13. The van der Waals surface area contributed by atoms with Crippen molar-refractivity contribution in [2.24, 2.45) is 0 Å². The number of aryl methyl sites for hydroxylation is 1. The molecule has 2 heteroatoms. The number of aliphatic hydroxyl groups is 1. The molecule has 1 atom stereocenters. The van der Waals surface area contributed by atoms with Crippen molar-refractivity contribution in [2.75, 3.05) is 6.61 Å². The Morgan fingerprint density at radius 3 is 2.47 bits per heavy atom. The Bertz CT molecular complexity index is 366. The second-order valence-electron chi connectivity index (χ2n) is 5.86. The van der Waals surface area contributed by atoms with Crippen LogP contribution in [0.15, 0.2) is 18.2 Å². The van der Waals surface area contributed by atoms with Crippen LogP contribution < -0.4 is 5.32 Å². The molecule has 0 fully saturated rings. The largest absolute Gasteiger partial charge is 0.395 e. The Morgan fingerprint density at radius 2 is 1.94 bits per heavy atom. The molecular formula is C15H25NO. The number of aliphatic hydroxyl groups excluding tert-OH is 1. The Labute approximate surface area is 105 Å². The molecule has 0 aromatic heterocycles. The van der Waals surface area contributed by atoms with E-state index in [9.17, 15) is 0 Å². The lowest BCUT2D eigenvalue weighted by molar-refractivity contribution is 0.251. The van der Waals surface area contributed by atoms with Crippen LogP contribution in [-0.4, -0.2) is 17.8 Å². The van der Waals surface area contributed by atoms with E-state index in [4.69, 9.17) is 5.11 Å². The summed E-state index contributed by atoms with van der Waals surface area (Å²) in [6, 6.07) is 6.80. The van der Waals surface area contributed by atoms with Crippen LogP contribution >= 0.6 is 0 Å². The topological polar surface area (TPSA) is 32.3 Å². The second-order valence-corrected chi connectivity index (χ2v) is 5.86. The van der Waals surface area contributed by atoms with E-state index < -0.39 is 0 Å². The maximum absolute atomic E-state index is 9.00. The first-order valence-corrected chi connectivity index (χ1v) is 6.29. The van der Waals surface area contributed by atoms with E-state index in [2.05, 4.69) is 51.2 Å². The van der Waals surface area contributed by atoms with Gasteiger partial charge in [0.2, 0.25) is 0 Å². The molecule has 2 nitrogen and oxygen atoms in total. The van der Waals surface area contributed by atoms with Gasteiger partial charge in [-0.2, -0.15) is 0 Å². The molecule has 1 aromatic rings. The number of benzene rings is 1. The van der Waals surface area contributed by atoms with Crippen LogP contribution in [0.2, 0.25) is 0 Å². The Morgan fingerprint density at radius 1 is 1.29 bits per heavy atom. The highest BCUT2D eigenvalue weighted by molar-refractivity contribution is 5.34. The van der Waals surface area contributed by atoms with Crippen LogP contribution in [0.3, 0.4) is 0 Å². The van der Waals surface area contributed by atoms with Gasteiger partial charge in [0.1, 0.15) is 0 Å².